The second-order valence-corrected chi connectivity index (χ2v) is 19.0. The van der Waals surface area contributed by atoms with Crippen molar-refractivity contribution in [3.8, 4) is 0 Å². The largest absolute Gasteiger partial charge is 0.444 e. The number of aliphatic hydroxyl groups is 1. The van der Waals surface area contributed by atoms with Gasteiger partial charge in [-0.25, -0.2) is 9.59 Å². The van der Waals surface area contributed by atoms with Crippen LogP contribution in [0.25, 0.3) is 0 Å². The molecule has 0 aliphatic carbocycles. The van der Waals surface area contributed by atoms with Crippen LogP contribution in [-0.4, -0.2) is 83.8 Å². The number of piperidine rings is 3. The van der Waals surface area contributed by atoms with Crippen molar-refractivity contribution in [2.75, 3.05) is 39.3 Å². The van der Waals surface area contributed by atoms with Gasteiger partial charge < -0.3 is 34.5 Å². The van der Waals surface area contributed by atoms with E-state index in [2.05, 4.69) is 38.1 Å². The van der Waals surface area contributed by atoms with E-state index in [4.69, 9.17) is 9.47 Å². The number of nitrogens with one attached hydrogen (secondary N) is 1. The molecule has 2 amide bonds. The number of hydrogen-bond acceptors (Lipinski definition) is 10. The predicted molar refractivity (Wildman–Crippen MR) is 229 cm³/mol. The topological polar surface area (TPSA) is 108 Å². The molecule has 6 rings (SSSR count). The third kappa shape index (κ3) is 19.0. The first-order chi connectivity index (χ1) is 25.1. The summed E-state index contributed by atoms with van der Waals surface area (Å²) < 4.78 is 11.8. The third-order valence-electron chi connectivity index (χ3n) is 8.73. The summed E-state index contributed by atoms with van der Waals surface area (Å²) >= 11 is 8.37. The lowest BCUT2D eigenvalue weighted by atomic mass is 9.90. The first-order valence-electron chi connectivity index (χ1n) is 18.6. The highest BCUT2D eigenvalue weighted by Gasteiger charge is 2.32. The third-order valence-corrected chi connectivity index (χ3v) is 11.6. The molecule has 9 nitrogen and oxygen atoms in total. The minimum absolute atomic E-state index is 0. The lowest BCUT2D eigenvalue weighted by Crippen LogP contribution is -2.44. The number of halogens is 1. The quantitative estimate of drug-likeness (QED) is 0.246. The van der Waals surface area contributed by atoms with Gasteiger partial charge in [0.25, 0.3) is 0 Å². The van der Waals surface area contributed by atoms with Crippen molar-refractivity contribution in [3.63, 3.8) is 0 Å². The number of rotatable bonds is 5. The molecule has 54 heavy (non-hydrogen) atoms. The van der Waals surface area contributed by atoms with Crippen LogP contribution < -0.4 is 5.32 Å². The van der Waals surface area contributed by atoms with Gasteiger partial charge in [0.1, 0.15) is 17.5 Å². The van der Waals surface area contributed by atoms with Crippen LogP contribution in [0.15, 0.2) is 55.0 Å². The van der Waals surface area contributed by atoms with Crippen molar-refractivity contribution < 1.29 is 29.0 Å². The summed E-state index contributed by atoms with van der Waals surface area (Å²) in [6, 6.07) is 6.21. The highest BCUT2D eigenvalue weighted by atomic mass is 79.9. The zero-order valence-electron chi connectivity index (χ0n) is 32.3. The second-order valence-electron chi connectivity index (χ2n) is 15.8. The molecule has 0 aromatic carbocycles. The summed E-state index contributed by atoms with van der Waals surface area (Å²) in [6.07, 6.45) is 7.48. The summed E-state index contributed by atoms with van der Waals surface area (Å²) in [4.78, 5) is 37.7. The first kappa shape index (κ1) is 47.9. The zero-order chi connectivity index (χ0) is 38.9. The maximum absolute atomic E-state index is 12.1. The average molecular weight is 871 g/mol. The van der Waals surface area contributed by atoms with Gasteiger partial charge in [0.15, 0.2) is 0 Å². The number of hydrogen-bond donors (Lipinski definition) is 2. The molecule has 3 aromatic heterocycles. The summed E-state index contributed by atoms with van der Waals surface area (Å²) in [7, 11) is 0. The van der Waals surface area contributed by atoms with Gasteiger partial charge in [0.05, 0.1) is 6.10 Å². The van der Waals surface area contributed by atoms with Crippen LogP contribution in [0.1, 0.15) is 105 Å². The van der Waals surface area contributed by atoms with Crippen molar-refractivity contribution in [1.82, 2.24) is 15.1 Å². The van der Waals surface area contributed by atoms with Crippen LogP contribution in [0.5, 0.6) is 0 Å². The van der Waals surface area contributed by atoms with Gasteiger partial charge in [-0.1, -0.05) is 7.43 Å². The number of amides is 2. The minimum atomic E-state index is -0.494. The molecule has 3 aliphatic heterocycles. The van der Waals surface area contributed by atoms with Gasteiger partial charge in [0.2, 0.25) is 0 Å². The molecule has 2 N–H and O–H groups in total. The molecule has 0 saturated carbocycles. The molecule has 0 radical (unpaired) electrons. The van der Waals surface area contributed by atoms with Crippen molar-refractivity contribution >= 4 is 68.4 Å². The molecule has 304 valence electrons. The van der Waals surface area contributed by atoms with E-state index in [-0.39, 0.29) is 31.4 Å². The van der Waals surface area contributed by atoms with Crippen LogP contribution >= 0.6 is 49.9 Å². The second kappa shape index (κ2) is 24.4. The molecule has 4 atom stereocenters. The standard InChI is InChI=1S/C15H23NO3S.C11H19NO3.C10H15NS.C4H3BrS.CH4/c1-15(2,3)19-14(18)16-7-4-5-11(9-16)13(17)12-6-8-20-10-12;1-11(2,3)15-10(14)12-6-4-5-9(7-12)8-13;1-2-9(7-11-4-1)6-10-3-5-12-8-10;5-4-1-2-6-3-4;/h6,8,10-11,13,17H,4-5,7,9H2,1-3H3;8-9H,4-7H2,1-3H3;3,5,8-9,11H,1-2,4,6-7H2;1-3H;1H4. The number of carbonyl (C=O) groups is 3. The Morgan fingerprint density at radius 1 is 0.870 bits per heavy atom. The Morgan fingerprint density at radius 2 is 1.46 bits per heavy atom. The number of aldehydes is 1. The van der Waals surface area contributed by atoms with Crippen molar-refractivity contribution in [2.24, 2.45) is 17.8 Å². The first-order valence-corrected chi connectivity index (χ1v) is 22.3. The van der Waals surface area contributed by atoms with Gasteiger partial charge in [-0.05, 0) is 178 Å². The van der Waals surface area contributed by atoms with Crippen LogP contribution in [0.2, 0.25) is 0 Å². The maximum atomic E-state index is 12.1. The highest BCUT2D eigenvalue weighted by Crippen LogP contribution is 2.31. The normalized spacial score (nSPS) is 20.6. The number of carbonyl (C=O) groups excluding carboxylic acids is 3. The van der Waals surface area contributed by atoms with Gasteiger partial charge in [0, 0.05) is 47.9 Å². The van der Waals surface area contributed by atoms with E-state index >= 15 is 0 Å². The Kier molecular flexibility index (Phi) is 21.6. The van der Waals surface area contributed by atoms with Crippen molar-refractivity contribution in [3.05, 3.63) is 66.1 Å². The Balaban J connectivity index is 0.000000263. The molecule has 3 aromatic rings. The van der Waals surface area contributed by atoms with Crippen LogP contribution in [0.4, 0.5) is 9.59 Å². The van der Waals surface area contributed by atoms with Crippen LogP contribution in [0, 0.1) is 17.8 Å². The summed E-state index contributed by atoms with van der Waals surface area (Å²) in [5, 5.41) is 26.3. The van der Waals surface area contributed by atoms with E-state index in [0.29, 0.717) is 26.2 Å². The van der Waals surface area contributed by atoms with Crippen LogP contribution in [-0.2, 0) is 20.7 Å². The number of nitrogens with zero attached hydrogens (tertiary/aromatic N) is 2. The SMILES string of the molecule is Brc1ccsc1.C.CC(C)(C)OC(=O)N1CCCC(C(O)c2ccsc2)C1.CC(C)(C)OC(=O)N1CCCC(C=O)C1.c1cc(CC2CCCNC2)cs1. The molecule has 13 heteroatoms. The number of ether oxygens (including phenoxy) is 2. The van der Waals surface area contributed by atoms with E-state index in [0.717, 1.165) is 43.5 Å². The Hall–Kier alpha value is -2.29. The fourth-order valence-electron chi connectivity index (χ4n) is 6.18. The monoisotopic (exact) mass is 869 g/mol. The Labute approximate surface area is 344 Å². The Bertz CT molecular complexity index is 1440. The van der Waals surface area contributed by atoms with Crippen LogP contribution in [0.3, 0.4) is 0 Å². The summed E-state index contributed by atoms with van der Waals surface area (Å²) in [6.45, 7) is 16.0. The molecule has 3 aliphatic rings. The molecule has 0 bridgehead atoms. The van der Waals surface area contributed by atoms with Gasteiger partial charge >= 0.3 is 12.2 Å². The highest BCUT2D eigenvalue weighted by molar-refractivity contribution is 9.10. The smallest absolute Gasteiger partial charge is 0.410 e. The maximum Gasteiger partial charge on any atom is 0.410 e. The molecule has 6 heterocycles. The lowest BCUT2D eigenvalue weighted by Gasteiger charge is -2.35. The minimum Gasteiger partial charge on any atom is -0.444 e. The number of likely N-dealkylation sites (tertiary alicyclic amines) is 2. The van der Waals surface area contributed by atoms with E-state index in [1.54, 1.807) is 32.5 Å². The number of aliphatic hydroxyl groups excluding tert-OH is 1. The summed E-state index contributed by atoms with van der Waals surface area (Å²) in [5.41, 5.74) is 1.53. The molecular formula is C41H64BrN3O6S3. The van der Waals surface area contributed by atoms with Crippen molar-refractivity contribution in [1.29, 1.82) is 0 Å². The predicted octanol–water partition coefficient (Wildman–Crippen LogP) is 10.7. The fourth-order valence-corrected chi connectivity index (χ4v) is 8.69. The molecule has 4 unspecified atom stereocenters. The Morgan fingerprint density at radius 3 is 1.94 bits per heavy atom. The van der Waals surface area contributed by atoms with Crippen molar-refractivity contribution in [2.45, 2.75) is 111 Å². The van der Waals surface area contributed by atoms with E-state index in [1.807, 2.05) is 86.5 Å². The molecule has 3 fully saturated rings. The fraction of sp³-hybridized carbons (Fsp3) is 0.634. The van der Waals surface area contributed by atoms with Gasteiger partial charge in [-0.3, -0.25) is 0 Å². The average Bonchev–Trinajstić information content (AvgIpc) is 3.94. The zero-order valence-corrected chi connectivity index (χ0v) is 36.3. The van der Waals surface area contributed by atoms with E-state index in [1.165, 1.54) is 42.4 Å². The molecule has 3 saturated heterocycles. The lowest BCUT2D eigenvalue weighted by molar-refractivity contribution is -0.112. The van der Waals surface area contributed by atoms with Gasteiger partial charge in [-0.2, -0.15) is 34.0 Å². The molecular weight excluding hydrogens is 807 g/mol. The molecule has 0 spiro atoms. The number of thiophene rings is 3. The van der Waals surface area contributed by atoms with E-state index < -0.39 is 17.3 Å². The summed E-state index contributed by atoms with van der Waals surface area (Å²) in [5.74, 6) is 0.950. The van der Waals surface area contributed by atoms with E-state index in [9.17, 15) is 19.5 Å². The van der Waals surface area contributed by atoms with Gasteiger partial charge in [-0.15, -0.1) is 0 Å².